The number of hydrogen-bond acceptors (Lipinski definition) is 1. The number of halogens is 1. The Kier molecular flexibility index (Phi) is 3.28. The summed E-state index contributed by atoms with van der Waals surface area (Å²) in [7, 11) is 0. The van der Waals surface area contributed by atoms with Crippen LogP contribution in [0.3, 0.4) is 0 Å². The third kappa shape index (κ3) is 2.24. The molecule has 0 atom stereocenters. The van der Waals surface area contributed by atoms with Gasteiger partial charge in [0.05, 0.1) is 11.0 Å². The molecule has 0 fully saturated rings. The van der Waals surface area contributed by atoms with Gasteiger partial charge in [0, 0.05) is 15.7 Å². The maximum Gasteiger partial charge on any atom is 0.100 e. The van der Waals surface area contributed by atoms with Crippen molar-refractivity contribution in [3.05, 3.63) is 83.6 Å². The average Bonchev–Trinajstić information content (AvgIpc) is 3.00. The molecule has 0 unspecified atom stereocenters. The van der Waals surface area contributed by atoms with Gasteiger partial charge in [-0.05, 0) is 35.9 Å². The Morgan fingerprint density at radius 1 is 0.773 bits per heavy atom. The molecule has 0 aliphatic carbocycles. The Balaban J connectivity index is 1.92. The van der Waals surface area contributed by atoms with Crippen LogP contribution >= 0.6 is 15.9 Å². The zero-order valence-corrected chi connectivity index (χ0v) is 13.4. The van der Waals surface area contributed by atoms with Gasteiger partial charge in [-0.3, -0.25) is 4.57 Å². The molecule has 0 bridgehead atoms. The summed E-state index contributed by atoms with van der Waals surface area (Å²) >= 11 is 3.48. The summed E-state index contributed by atoms with van der Waals surface area (Å²) in [5.74, 6) is 0. The molecule has 0 N–H and O–H groups in total. The predicted octanol–water partition coefficient (Wildman–Crippen LogP) is 5.46. The number of benzene rings is 3. The number of hydrogen-bond donors (Lipinski definition) is 0. The van der Waals surface area contributed by atoms with Crippen molar-refractivity contribution in [2.45, 2.75) is 0 Å². The highest BCUT2D eigenvalue weighted by Crippen LogP contribution is 2.29. The van der Waals surface area contributed by atoms with Crippen LogP contribution in [-0.2, 0) is 0 Å². The van der Waals surface area contributed by atoms with Gasteiger partial charge in [0.15, 0.2) is 0 Å². The van der Waals surface area contributed by atoms with Crippen LogP contribution in [-0.4, -0.2) is 9.55 Å². The van der Waals surface area contributed by atoms with E-state index in [0.717, 1.165) is 26.8 Å². The van der Waals surface area contributed by atoms with Crippen LogP contribution in [0, 0.1) is 0 Å². The molecular weight excluding hydrogens is 336 g/mol. The third-order valence-electron chi connectivity index (χ3n) is 3.77. The average molecular weight is 349 g/mol. The number of imidazole rings is 1. The van der Waals surface area contributed by atoms with Crippen LogP contribution in [0.15, 0.2) is 83.6 Å². The Labute approximate surface area is 137 Å². The lowest BCUT2D eigenvalue weighted by Crippen LogP contribution is -1.90. The van der Waals surface area contributed by atoms with Crippen LogP contribution in [0.2, 0.25) is 0 Å². The number of aromatic nitrogens is 2. The molecule has 106 valence electrons. The Hall–Kier alpha value is -2.39. The SMILES string of the molecule is Brc1ccc(-c2cccc3c2ncn3-c2ccccc2)cc1. The van der Waals surface area contributed by atoms with Crippen LogP contribution in [0.25, 0.3) is 27.8 Å². The maximum absolute atomic E-state index is 4.65. The van der Waals surface area contributed by atoms with E-state index in [-0.39, 0.29) is 0 Å². The maximum atomic E-state index is 4.65. The van der Waals surface area contributed by atoms with E-state index < -0.39 is 0 Å². The number of rotatable bonds is 2. The highest BCUT2D eigenvalue weighted by atomic mass is 79.9. The molecular formula is C19H13BrN2. The van der Waals surface area contributed by atoms with Gasteiger partial charge in [0.25, 0.3) is 0 Å². The fourth-order valence-electron chi connectivity index (χ4n) is 2.70. The molecule has 4 rings (SSSR count). The van der Waals surface area contributed by atoms with Crippen LogP contribution in [0.4, 0.5) is 0 Å². The first-order chi connectivity index (χ1) is 10.8. The molecule has 0 aliphatic rings. The number of fused-ring (bicyclic) bond motifs is 1. The number of para-hydroxylation sites is 2. The molecule has 2 nitrogen and oxygen atoms in total. The van der Waals surface area contributed by atoms with Gasteiger partial charge in [0.2, 0.25) is 0 Å². The van der Waals surface area contributed by atoms with Crippen LogP contribution in [0.1, 0.15) is 0 Å². The molecule has 0 aliphatic heterocycles. The largest absolute Gasteiger partial charge is 0.299 e. The third-order valence-corrected chi connectivity index (χ3v) is 4.29. The van der Waals surface area contributed by atoms with Gasteiger partial charge in [-0.2, -0.15) is 0 Å². The van der Waals surface area contributed by atoms with E-state index in [1.165, 1.54) is 5.56 Å². The predicted molar refractivity (Wildman–Crippen MR) is 94.2 cm³/mol. The smallest absolute Gasteiger partial charge is 0.100 e. The molecule has 0 radical (unpaired) electrons. The zero-order chi connectivity index (χ0) is 14.9. The van der Waals surface area contributed by atoms with Crippen molar-refractivity contribution < 1.29 is 0 Å². The van der Waals surface area contributed by atoms with E-state index in [2.05, 4.69) is 80.1 Å². The summed E-state index contributed by atoms with van der Waals surface area (Å²) in [6.07, 6.45) is 1.89. The monoisotopic (exact) mass is 348 g/mol. The minimum absolute atomic E-state index is 1.02. The lowest BCUT2D eigenvalue weighted by Gasteiger charge is -2.06. The first-order valence-corrected chi connectivity index (χ1v) is 7.90. The summed E-state index contributed by atoms with van der Waals surface area (Å²) in [5.41, 5.74) is 5.59. The highest BCUT2D eigenvalue weighted by Gasteiger charge is 2.09. The normalized spacial score (nSPS) is 11.0. The molecule has 0 spiro atoms. The molecule has 4 aromatic rings. The first-order valence-electron chi connectivity index (χ1n) is 7.10. The molecule has 0 saturated heterocycles. The molecule has 3 aromatic carbocycles. The summed E-state index contributed by atoms with van der Waals surface area (Å²) in [5, 5.41) is 0. The second kappa shape index (κ2) is 5.43. The van der Waals surface area contributed by atoms with Crippen LogP contribution in [0.5, 0.6) is 0 Å². The van der Waals surface area contributed by atoms with Crippen molar-refractivity contribution in [1.29, 1.82) is 0 Å². The topological polar surface area (TPSA) is 17.8 Å². The van der Waals surface area contributed by atoms with Gasteiger partial charge in [-0.15, -0.1) is 0 Å². The fraction of sp³-hybridized carbons (Fsp3) is 0. The summed E-state index contributed by atoms with van der Waals surface area (Å²) in [4.78, 5) is 4.65. The van der Waals surface area contributed by atoms with E-state index in [1.54, 1.807) is 0 Å². The standard InChI is InChI=1S/C19H13BrN2/c20-15-11-9-14(10-12-15)17-7-4-8-18-19(17)21-13-22(18)16-5-2-1-3-6-16/h1-13H. The van der Waals surface area contributed by atoms with E-state index in [1.807, 2.05) is 24.5 Å². The van der Waals surface area contributed by atoms with Gasteiger partial charge >= 0.3 is 0 Å². The quantitative estimate of drug-likeness (QED) is 0.470. The lowest BCUT2D eigenvalue weighted by molar-refractivity contribution is 1.09. The van der Waals surface area contributed by atoms with Gasteiger partial charge in [-0.1, -0.05) is 58.4 Å². The van der Waals surface area contributed by atoms with Crippen molar-refractivity contribution >= 4 is 27.0 Å². The molecule has 0 amide bonds. The Morgan fingerprint density at radius 3 is 2.32 bits per heavy atom. The fourth-order valence-corrected chi connectivity index (χ4v) is 2.96. The van der Waals surface area contributed by atoms with Crippen molar-refractivity contribution in [3.8, 4) is 16.8 Å². The molecule has 1 aromatic heterocycles. The lowest BCUT2D eigenvalue weighted by atomic mass is 10.0. The summed E-state index contributed by atoms with van der Waals surface area (Å²) in [6.45, 7) is 0. The van der Waals surface area contributed by atoms with Crippen LogP contribution < -0.4 is 0 Å². The van der Waals surface area contributed by atoms with E-state index in [4.69, 9.17) is 0 Å². The summed E-state index contributed by atoms with van der Waals surface area (Å²) in [6, 6.07) is 24.9. The highest BCUT2D eigenvalue weighted by molar-refractivity contribution is 9.10. The molecule has 1 heterocycles. The first kappa shape index (κ1) is 13.3. The minimum atomic E-state index is 1.02. The molecule has 0 saturated carbocycles. The van der Waals surface area contributed by atoms with Gasteiger partial charge < -0.3 is 0 Å². The van der Waals surface area contributed by atoms with Gasteiger partial charge in [-0.25, -0.2) is 4.98 Å². The molecule has 3 heteroatoms. The Bertz CT molecular complexity index is 925. The van der Waals surface area contributed by atoms with E-state index >= 15 is 0 Å². The Morgan fingerprint density at radius 2 is 1.55 bits per heavy atom. The van der Waals surface area contributed by atoms with E-state index in [0.29, 0.717) is 0 Å². The summed E-state index contributed by atoms with van der Waals surface area (Å²) < 4.78 is 3.20. The van der Waals surface area contributed by atoms with Crippen molar-refractivity contribution in [1.82, 2.24) is 9.55 Å². The molecule has 22 heavy (non-hydrogen) atoms. The van der Waals surface area contributed by atoms with E-state index in [9.17, 15) is 0 Å². The van der Waals surface area contributed by atoms with Gasteiger partial charge in [0.1, 0.15) is 6.33 Å². The second-order valence-electron chi connectivity index (χ2n) is 5.13. The zero-order valence-electron chi connectivity index (χ0n) is 11.8. The van der Waals surface area contributed by atoms with Crippen molar-refractivity contribution in [2.24, 2.45) is 0 Å². The number of nitrogens with zero attached hydrogens (tertiary/aromatic N) is 2. The minimum Gasteiger partial charge on any atom is -0.299 e. The second-order valence-corrected chi connectivity index (χ2v) is 6.05. The van der Waals surface area contributed by atoms with Crippen molar-refractivity contribution in [2.75, 3.05) is 0 Å². The van der Waals surface area contributed by atoms with Crippen molar-refractivity contribution in [3.63, 3.8) is 0 Å².